The third-order valence-corrected chi connectivity index (χ3v) is 6.26. The Morgan fingerprint density at radius 3 is 2.67 bits per heavy atom. The fraction of sp³-hybridized carbons (Fsp3) is 0.389. The van der Waals surface area contributed by atoms with Crippen LogP contribution in [0.1, 0.15) is 28.9 Å². The van der Waals surface area contributed by atoms with Crippen LogP contribution >= 0.6 is 0 Å². The number of hydrogen-bond donors (Lipinski definition) is 2. The summed E-state index contributed by atoms with van der Waals surface area (Å²) in [5, 5.41) is 9.66. The molecule has 0 bridgehead atoms. The van der Waals surface area contributed by atoms with E-state index in [0.29, 0.717) is 17.7 Å². The summed E-state index contributed by atoms with van der Waals surface area (Å²) in [6.45, 7) is 1.97. The first-order valence-corrected chi connectivity index (χ1v) is 10.6. The van der Waals surface area contributed by atoms with Gasteiger partial charge in [-0.2, -0.15) is 5.10 Å². The lowest BCUT2D eigenvalue weighted by Crippen LogP contribution is -2.37. The molecule has 1 aliphatic heterocycles. The van der Waals surface area contributed by atoms with Crippen molar-refractivity contribution in [3.8, 4) is 5.69 Å². The maximum absolute atomic E-state index is 12.3. The monoisotopic (exact) mass is 390 g/mol. The van der Waals surface area contributed by atoms with E-state index in [0.717, 1.165) is 5.69 Å². The molecule has 2 heterocycles. The fourth-order valence-corrected chi connectivity index (χ4v) is 4.73. The molecule has 2 N–H and O–H groups in total. The van der Waals surface area contributed by atoms with Gasteiger partial charge in [0.15, 0.2) is 9.84 Å². The van der Waals surface area contributed by atoms with Crippen LogP contribution < -0.4 is 10.6 Å². The molecule has 1 aromatic heterocycles. The van der Waals surface area contributed by atoms with Crippen molar-refractivity contribution < 1.29 is 18.0 Å². The van der Waals surface area contributed by atoms with E-state index in [1.807, 2.05) is 37.3 Å². The summed E-state index contributed by atoms with van der Waals surface area (Å²) in [5.74, 6) is -0.470. The van der Waals surface area contributed by atoms with Gasteiger partial charge >= 0.3 is 0 Å². The van der Waals surface area contributed by atoms with E-state index in [4.69, 9.17) is 0 Å². The Kier molecular flexibility index (Phi) is 5.59. The minimum absolute atomic E-state index is 0.0109. The summed E-state index contributed by atoms with van der Waals surface area (Å²) in [6.07, 6.45) is 2.04. The molecule has 27 heavy (non-hydrogen) atoms. The van der Waals surface area contributed by atoms with E-state index >= 15 is 0 Å². The summed E-state index contributed by atoms with van der Waals surface area (Å²) in [4.78, 5) is 24.3. The lowest BCUT2D eigenvalue weighted by molar-refractivity contribution is -0.121. The first-order valence-electron chi connectivity index (χ1n) is 8.74. The molecule has 3 rings (SSSR count). The molecular formula is C18H22N4O4S. The SMILES string of the molecule is Cc1c(C(=O)NCCC(=O)NC2CCS(=O)(=O)C2)cnn1-c1ccccc1. The molecule has 1 saturated heterocycles. The highest BCUT2D eigenvalue weighted by atomic mass is 32.2. The zero-order valence-electron chi connectivity index (χ0n) is 15.0. The van der Waals surface area contributed by atoms with Crippen molar-refractivity contribution >= 4 is 21.7 Å². The largest absolute Gasteiger partial charge is 0.352 e. The first-order chi connectivity index (χ1) is 12.9. The van der Waals surface area contributed by atoms with E-state index in [9.17, 15) is 18.0 Å². The average molecular weight is 390 g/mol. The van der Waals surface area contributed by atoms with Crippen molar-refractivity contribution in [2.24, 2.45) is 0 Å². The molecule has 0 spiro atoms. The number of sulfone groups is 1. The molecule has 1 unspecified atom stereocenters. The second-order valence-corrected chi connectivity index (χ2v) is 8.79. The van der Waals surface area contributed by atoms with Gasteiger partial charge in [-0.1, -0.05) is 18.2 Å². The van der Waals surface area contributed by atoms with Crippen molar-refractivity contribution in [1.29, 1.82) is 0 Å². The molecule has 2 aromatic rings. The van der Waals surface area contributed by atoms with Gasteiger partial charge in [0.1, 0.15) is 0 Å². The van der Waals surface area contributed by atoms with Crippen LogP contribution in [0.25, 0.3) is 5.69 Å². The Balaban J connectivity index is 1.50. The number of rotatable bonds is 6. The number of nitrogens with one attached hydrogen (secondary N) is 2. The fourth-order valence-electron chi connectivity index (χ4n) is 3.06. The Morgan fingerprint density at radius 1 is 1.26 bits per heavy atom. The number of hydrogen-bond acceptors (Lipinski definition) is 5. The van der Waals surface area contributed by atoms with Crippen LogP contribution in [-0.2, 0) is 14.6 Å². The molecule has 2 amide bonds. The number of carbonyl (C=O) groups is 2. The molecule has 0 radical (unpaired) electrons. The Bertz CT molecular complexity index is 938. The van der Waals surface area contributed by atoms with Crippen LogP contribution in [0, 0.1) is 6.92 Å². The lowest BCUT2D eigenvalue weighted by atomic mass is 10.2. The normalized spacial score (nSPS) is 18.2. The van der Waals surface area contributed by atoms with Gasteiger partial charge < -0.3 is 10.6 Å². The van der Waals surface area contributed by atoms with Gasteiger partial charge in [-0.15, -0.1) is 0 Å². The molecule has 1 aromatic carbocycles. The Labute approximate surface area is 157 Å². The standard InChI is InChI=1S/C18H22N4O4S/c1-13-16(11-20-22(13)15-5-3-2-4-6-15)18(24)19-9-7-17(23)21-14-8-10-27(25,26)12-14/h2-6,11,14H,7-10,12H2,1H3,(H,19,24)(H,21,23). The molecule has 144 valence electrons. The van der Waals surface area contributed by atoms with Gasteiger partial charge in [-0.3, -0.25) is 9.59 Å². The molecule has 8 nitrogen and oxygen atoms in total. The van der Waals surface area contributed by atoms with Gasteiger partial charge in [0, 0.05) is 19.0 Å². The molecule has 0 saturated carbocycles. The van der Waals surface area contributed by atoms with E-state index in [2.05, 4.69) is 15.7 Å². The Morgan fingerprint density at radius 2 is 2.00 bits per heavy atom. The summed E-state index contributed by atoms with van der Waals surface area (Å²) >= 11 is 0. The van der Waals surface area contributed by atoms with Crippen LogP contribution in [0.3, 0.4) is 0 Å². The number of aromatic nitrogens is 2. The highest BCUT2D eigenvalue weighted by Crippen LogP contribution is 2.14. The predicted octanol–water partition coefficient (Wildman–Crippen LogP) is 0.604. The highest BCUT2D eigenvalue weighted by molar-refractivity contribution is 7.91. The van der Waals surface area contributed by atoms with Crippen molar-refractivity contribution in [2.45, 2.75) is 25.8 Å². The number of nitrogens with zero attached hydrogens (tertiary/aromatic N) is 2. The van der Waals surface area contributed by atoms with Crippen LogP contribution in [0.2, 0.25) is 0 Å². The van der Waals surface area contributed by atoms with Crippen molar-refractivity contribution in [3.63, 3.8) is 0 Å². The molecule has 1 atom stereocenters. The quantitative estimate of drug-likeness (QED) is 0.751. The van der Waals surface area contributed by atoms with Gasteiger partial charge in [-0.25, -0.2) is 13.1 Å². The second kappa shape index (κ2) is 7.91. The summed E-state index contributed by atoms with van der Waals surface area (Å²) in [7, 11) is -3.03. The second-order valence-electron chi connectivity index (χ2n) is 6.56. The van der Waals surface area contributed by atoms with Gasteiger partial charge in [0.05, 0.1) is 34.6 Å². The van der Waals surface area contributed by atoms with Crippen molar-refractivity contribution in [3.05, 3.63) is 47.8 Å². The van der Waals surface area contributed by atoms with Gasteiger partial charge in [-0.05, 0) is 25.5 Å². The van der Waals surface area contributed by atoms with E-state index < -0.39 is 9.84 Å². The van der Waals surface area contributed by atoms with Crippen LogP contribution in [-0.4, -0.2) is 54.1 Å². The molecule has 1 aliphatic rings. The minimum atomic E-state index is -3.03. The third kappa shape index (κ3) is 4.73. The maximum Gasteiger partial charge on any atom is 0.254 e. The number of benzene rings is 1. The van der Waals surface area contributed by atoms with Gasteiger partial charge in [0.2, 0.25) is 5.91 Å². The first kappa shape index (κ1) is 19.1. The van der Waals surface area contributed by atoms with Gasteiger partial charge in [0.25, 0.3) is 5.91 Å². The lowest BCUT2D eigenvalue weighted by Gasteiger charge is -2.11. The smallest absolute Gasteiger partial charge is 0.254 e. The van der Waals surface area contributed by atoms with Crippen molar-refractivity contribution in [1.82, 2.24) is 20.4 Å². The third-order valence-electron chi connectivity index (χ3n) is 4.49. The highest BCUT2D eigenvalue weighted by Gasteiger charge is 2.28. The number of amides is 2. The minimum Gasteiger partial charge on any atom is -0.352 e. The summed E-state index contributed by atoms with van der Waals surface area (Å²) < 4.78 is 24.5. The maximum atomic E-state index is 12.3. The van der Waals surface area contributed by atoms with Crippen LogP contribution in [0.15, 0.2) is 36.5 Å². The van der Waals surface area contributed by atoms with Crippen LogP contribution in [0.5, 0.6) is 0 Å². The average Bonchev–Trinajstić information content (AvgIpc) is 3.17. The van der Waals surface area contributed by atoms with Crippen LogP contribution in [0.4, 0.5) is 0 Å². The molecule has 0 aliphatic carbocycles. The predicted molar refractivity (Wildman–Crippen MR) is 100 cm³/mol. The van der Waals surface area contributed by atoms with E-state index in [1.54, 1.807) is 4.68 Å². The zero-order valence-corrected chi connectivity index (χ0v) is 15.8. The topological polar surface area (TPSA) is 110 Å². The molecule has 9 heteroatoms. The Hall–Kier alpha value is -2.68. The molecular weight excluding hydrogens is 368 g/mol. The zero-order chi connectivity index (χ0) is 19.4. The number of carbonyl (C=O) groups excluding carboxylic acids is 2. The van der Waals surface area contributed by atoms with E-state index in [1.165, 1.54) is 6.20 Å². The summed E-state index contributed by atoms with van der Waals surface area (Å²) in [6, 6.07) is 9.16. The van der Waals surface area contributed by atoms with Crippen molar-refractivity contribution in [2.75, 3.05) is 18.1 Å². The van der Waals surface area contributed by atoms with E-state index in [-0.39, 0.29) is 42.3 Å². The molecule has 1 fully saturated rings. The summed E-state index contributed by atoms with van der Waals surface area (Å²) in [5.41, 5.74) is 2.01. The number of para-hydroxylation sites is 1.